The summed E-state index contributed by atoms with van der Waals surface area (Å²) >= 11 is 0. The van der Waals surface area contributed by atoms with Gasteiger partial charge in [-0.1, -0.05) is 27.7 Å². The van der Waals surface area contributed by atoms with Gasteiger partial charge in [0.15, 0.2) is 0 Å². The number of aromatic nitrogens is 2. The van der Waals surface area contributed by atoms with Crippen molar-refractivity contribution in [3.63, 3.8) is 0 Å². The van der Waals surface area contributed by atoms with Crippen LogP contribution in [0.25, 0.3) is 0 Å². The maximum atomic E-state index is 11.5. The van der Waals surface area contributed by atoms with E-state index in [-0.39, 0.29) is 21.9 Å². The molecule has 0 fully saturated rings. The maximum Gasteiger partial charge on any atom is 0.283 e. The van der Waals surface area contributed by atoms with Gasteiger partial charge in [-0.15, -0.1) is 0 Å². The van der Waals surface area contributed by atoms with Crippen LogP contribution in [-0.2, 0) is 22.3 Å². The van der Waals surface area contributed by atoms with Crippen molar-refractivity contribution in [1.82, 2.24) is 10.3 Å². The minimum Gasteiger partial charge on any atom is -0.387 e. The molecule has 0 atom stereocenters. The molecule has 2 aromatic heterocycles. The highest BCUT2D eigenvalue weighted by Crippen LogP contribution is 2.27. The van der Waals surface area contributed by atoms with Crippen molar-refractivity contribution in [2.24, 2.45) is 10.8 Å². The molecule has 8 heteroatoms. The van der Waals surface area contributed by atoms with E-state index in [0.29, 0.717) is 50.4 Å². The van der Waals surface area contributed by atoms with Crippen LogP contribution >= 0.6 is 0 Å². The number of rotatable bonds is 15. The Kier molecular flexibility index (Phi) is 9.17. The highest BCUT2D eigenvalue weighted by atomic mass is 16.5. The SMILES string of the molecule is CC(C)(CCOCCOCCC(C)(C)CCc1co[nH]c1=O)CCc1co[nH]c1=O. The molecule has 0 spiro atoms. The minimum atomic E-state index is -0.141. The van der Waals surface area contributed by atoms with E-state index in [9.17, 15) is 9.59 Å². The molecule has 2 N–H and O–H groups in total. The Morgan fingerprint density at radius 2 is 1.10 bits per heavy atom. The molecule has 0 bridgehead atoms. The summed E-state index contributed by atoms with van der Waals surface area (Å²) in [7, 11) is 0. The van der Waals surface area contributed by atoms with Crippen molar-refractivity contribution >= 4 is 0 Å². The number of nitrogens with one attached hydrogen (secondary N) is 2. The van der Waals surface area contributed by atoms with Crippen LogP contribution in [0.2, 0.25) is 0 Å². The van der Waals surface area contributed by atoms with Crippen LogP contribution in [0.15, 0.2) is 31.2 Å². The normalized spacial score (nSPS) is 12.5. The Hall–Kier alpha value is -2.06. The van der Waals surface area contributed by atoms with Crippen molar-refractivity contribution < 1.29 is 18.5 Å². The van der Waals surface area contributed by atoms with Gasteiger partial charge in [-0.3, -0.25) is 9.59 Å². The largest absolute Gasteiger partial charge is 0.387 e. The predicted octanol–water partition coefficient (Wildman–Crippen LogP) is 3.68. The van der Waals surface area contributed by atoms with Gasteiger partial charge >= 0.3 is 0 Å². The van der Waals surface area contributed by atoms with E-state index in [4.69, 9.17) is 18.5 Å². The molecule has 2 rings (SSSR count). The zero-order valence-electron chi connectivity index (χ0n) is 18.7. The molecule has 0 amide bonds. The second-order valence-corrected chi connectivity index (χ2v) is 9.44. The lowest BCUT2D eigenvalue weighted by atomic mass is 9.84. The summed E-state index contributed by atoms with van der Waals surface area (Å²) in [6, 6.07) is 0. The molecule has 0 unspecified atom stereocenters. The Bertz CT molecular complexity index is 772. The fourth-order valence-corrected chi connectivity index (χ4v) is 3.11. The molecule has 2 heterocycles. The first-order chi connectivity index (χ1) is 14.2. The van der Waals surface area contributed by atoms with E-state index in [2.05, 4.69) is 38.0 Å². The summed E-state index contributed by atoms with van der Waals surface area (Å²) < 4.78 is 21.1. The molecule has 0 saturated heterocycles. The van der Waals surface area contributed by atoms with E-state index in [0.717, 1.165) is 25.7 Å². The molecule has 30 heavy (non-hydrogen) atoms. The van der Waals surface area contributed by atoms with Crippen molar-refractivity contribution in [1.29, 1.82) is 0 Å². The van der Waals surface area contributed by atoms with Gasteiger partial charge in [0.2, 0.25) is 0 Å². The highest BCUT2D eigenvalue weighted by molar-refractivity contribution is 5.02. The first-order valence-electron chi connectivity index (χ1n) is 10.6. The number of aromatic amines is 2. The van der Waals surface area contributed by atoms with Crippen LogP contribution in [0.5, 0.6) is 0 Å². The number of H-pyrrole nitrogens is 2. The Morgan fingerprint density at radius 1 is 0.700 bits per heavy atom. The first kappa shape index (κ1) is 24.2. The lowest BCUT2D eigenvalue weighted by Gasteiger charge is -2.24. The summed E-state index contributed by atoms with van der Waals surface area (Å²) in [4.78, 5) is 23.0. The number of aryl methyl sites for hydroxylation is 2. The van der Waals surface area contributed by atoms with Crippen molar-refractivity contribution in [2.75, 3.05) is 26.4 Å². The summed E-state index contributed by atoms with van der Waals surface area (Å²) in [6.45, 7) is 11.2. The monoisotopic (exact) mass is 424 g/mol. The minimum absolute atomic E-state index is 0.0886. The van der Waals surface area contributed by atoms with Crippen LogP contribution in [0.4, 0.5) is 0 Å². The molecule has 0 aromatic carbocycles. The van der Waals surface area contributed by atoms with Crippen molar-refractivity contribution in [2.45, 2.75) is 66.2 Å². The van der Waals surface area contributed by atoms with Gasteiger partial charge < -0.3 is 18.5 Å². The van der Waals surface area contributed by atoms with E-state index < -0.39 is 0 Å². The maximum absolute atomic E-state index is 11.5. The van der Waals surface area contributed by atoms with Gasteiger partial charge in [-0.05, 0) is 49.4 Å². The third-order valence-electron chi connectivity index (χ3n) is 5.65. The van der Waals surface area contributed by atoms with Gasteiger partial charge in [0, 0.05) is 13.2 Å². The third kappa shape index (κ3) is 8.75. The standard InChI is InChI=1S/C22H36N2O6/c1-21(2,7-5-17-15-29-23-19(17)25)9-11-27-13-14-28-12-10-22(3,4)8-6-18-16-30-24-20(18)26/h15-16H,5-14H2,1-4H3,(H,23,25)(H,24,26). The molecule has 0 aliphatic carbocycles. The average Bonchev–Trinajstić information content (AvgIpc) is 3.28. The Labute approximate surface area is 177 Å². The lowest BCUT2D eigenvalue weighted by Crippen LogP contribution is -2.19. The molecule has 8 nitrogen and oxygen atoms in total. The first-order valence-corrected chi connectivity index (χ1v) is 10.6. The number of ether oxygens (including phenoxy) is 2. The Morgan fingerprint density at radius 3 is 1.43 bits per heavy atom. The fraction of sp³-hybridized carbons (Fsp3) is 0.727. The average molecular weight is 425 g/mol. The summed E-state index contributed by atoms with van der Waals surface area (Å²) in [5.41, 5.74) is 1.28. The number of hydrogen-bond donors (Lipinski definition) is 2. The molecular formula is C22H36N2O6. The fourth-order valence-electron chi connectivity index (χ4n) is 3.11. The molecule has 2 aromatic rings. The second kappa shape index (κ2) is 11.4. The lowest BCUT2D eigenvalue weighted by molar-refractivity contribution is 0.0276. The van der Waals surface area contributed by atoms with Crippen LogP contribution in [0, 0.1) is 10.8 Å². The van der Waals surface area contributed by atoms with E-state index in [1.807, 2.05) is 0 Å². The van der Waals surface area contributed by atoms with E-state index >= 15 is 0 Å². The molecule has 0 aliphatic heterocycles. The summed E-state index contributed by atoms with van der Waals surface area (Å²) in [6.07, 6.45) is 8.02. The van der Waals surface area contributed by atoms with Crippen LogP contribution in [0.1, 0.15) is 64.5 Å². The van der Waals surface area contributed by atoms with Crippen LogP contribution in [-0.4, -0.2) is 36.7 Å². The quantitative estimate of drug-likeness (QED) is 0.422. The highest BCUT2D eigenvalue weighted by Gasteiger charge is 2.20. The van der Waals surface area contributed by atoms with Gasteiger partial charge in [0.1, 0.15) is 12.5 Å². The van der Waals surface area contributed by atoms with E-state index in [1.54, 1.807) is 0 Å². The summed E-state index contributed by atoms with van der Waals surface area (Å²) in [5, 5.41) is 4.64. The van der Waals surface area contributed by atoms with Gasteiger partial charge in [0.05, 0.1) is 24.3 Å². The molecule has 0 aliphatic rings. The van der Waals surface area contributed by atoms with Gasteiger partial charge in [0.25, 0.3) is 11.1 Å². The van der Waals surface area contributed by atoms with Gasteiger partial charge in [-0.25, -0.2) is 0 Å². The van der Waals surface area contributed by atoms with Crippen LogP contribution < -0.4 is 11.1 Å². The van der Waals surface area contributed by atoms with Gasteiger partial charge in [-0.2, -0.15) is 10.3 Å². The van der Waals surface area contributed by atoms with Crippen LogP contribution in [0.3, 0.4) is 0 Å². The zero-order valence-corrected chi connectivity index (χ0v) is 18.7. The predicted molar refractivity (Wildman–Crippen MR) is 114 cm³/mol. The molecule has 0 saturated carbocycles. The van der Waals surface area contributed by atoms with Crippen molar-refractivity contribution in [3.8, 4) is 0 Å². The topological polar surface area (TPSA) is 110 Å². The zero-order chi connectivity index (χ0) is 22.0. The third-order valence-corrected chi connectivity index (χ3v) is 5.65. The molecule has 0 radical (unpaired) electrons. The molecular weight excluding hydrogens is 388 g/mol. The molecule has 170 valence electrons. The summed E-state index contributed by atoms with van der Waals surface area (Å²) in [5.74, 6) is 0. The number of hydrogen-bond acceptors (Lipinski definition) is 6. The smallest absolute Gasteiger partial charge is 0.283 e. The second-order valence-electron chi connectivity index (χ2n) is 9.44. The van der Waals surface area contributed by atoms with E-state index in [1.165, 1.54) is 12.5 Å². The Balaban J connectivity index is 1.50. The van der Waals surface area contributed by atoms with Crippen molar-refractivity contribution in [3.05, 3.63) is 44.4 Å².